The van der Waals surface area contributed by atoms with Crippen LogP contribution in [-0.4, -0.2) is 110 Å². The SMILES string of the molecule is CC1OC(OC2C(OCCc3ccc(O)cc3)OC(CO)C(O)C2O)C(O)C(O)C1O. The standard InChI is InChI=1S/C20H30O11/c1-9-13(23)15(25)17(27)19(29-9)31-18-16(26)14(24)12(8-21)30-20(18)28-7-6-10-2-4-11(22)5-3-10/h2-5,9,12-27H,6-8H2,1H3. The summed E-state index contributed by atoms with van der Waals surface area (Å²) in [6.45, 7) is 1.02. The summed E-state index contributed by atoms with van der Waals surface area (Å²) in [5, 5.41) is 69.5. The van der Waals surface area contributed by atoms with Crippen molar-refractivity contribution in [2.45, 2.75) is 74.8 Å². The highest BCUT2D eigenvalue weighted by molar-refractivity contribution is 5.25. The fraction of sp³-hybridized carbons (Fsp3) is 0.700. The Morgan fingerprint density at radius 2 is 1.52 bits per heavy atom. The highest BCUT2D eigenvalue weighted by Crippen LogP contribution is 2.29. The lowest BCUT2D eigenvalue weighted by atomic mass is 9.97. The van der Waals surface area contributed by atoms with Gasteiger partial charge in [-0.1, -0.05) is 12.1 Å². The second-order valence-corrected chi connectivity index (χ2v) is 7.78. The van der Waals surface area contributed by atoms with E-state index in [-0.39, 0.29) is 12.4 Å². The Bertz CT molecular complexity index is 686. The molecule has 2 heterocycles. The van der Waals surface area contributed by atoms with Gasteiger partial charge >= 0.3 is 0 Å². The number of phenols is 1. The van der Waals surface area contributed by atoms with E-state index in [9.17, 15) is 35.7 Å². The minimum absolute atomic E-state index is 0.113. The van der Waals surface area contributed by atoms with Gasteiger partial charge in [0.1, 0.15) is 48.5 Å². The fourth-order valence-electron chi connectivity index (χ4n) is 3.57. The van der Waals surface area contributed by atoms with E-state index in [0.717, 1.165) is 5.56 Å². The van der Waals surface area contributed by atoms with E-state index < -0.39 is 68.0 Å². The normalized spacial score (nSPS) is 41.3. The number of ether oxygens (including phenoxy) is 4. The van der Waals surface area contributed by atoms with E-state index in [1.165, 1.54) is 19.1 Å². The van der Waals surface area contributed by atoms with Crippen LogP contribution < -0.4 is 0 Å². The van der Waals surface area contributed by atoms with Crippen LogP contribution in [0.4, 0.5) is 0 Å². The summed E-state index contributed by atoms with van der Waals surface area (Å²) >= 11 is 0. The molecule has 10 unspecified atom stereocenters. The number of hydrogen-bond acceptors (Lipinski definition) is 11. The highest BCUT2D eigenvalue weighted by atomic mass is 16.8. The predicted molar refractivity (Wildman–Crippen MR) is 103 cm³/mol. The molecule has 3 rings (SSSR count). The van der Waals surface area contributed by atoms with Crippen molar-refractivity contribution in [2.75, 3.05) is 13.2 Å². The second-order valence-electron chi connectivity index (χ2n) is 7.78. The molecule has 0 saturated carbocycles. The van der Waals surface area contributed by atoms with Crippen LogP contribution in [-0.2, 0) is 25.4 Å². The van der Waals surface area contributed by atoms with Crippen molar-refractivity contribution >= 4 is 0 Å². The molecule has 2 aliphatic rings. The fourth-order valence-corrected chi connectivity index (χ4v) is 3.57. The van der Waals surface area contributed by atoms with Crippen molar-refractivity contribution in [3.8, 4) is 5.75 Å². The topological polar surface area (TPSA) is 179 Å². The van der Waals surface area contributed by atoms with Gasteiger partial charge in [0.25, 0.3) is 0 Å². The average Bonchev–Trinajstić information content (AvgIpc) is 2.76. The zero-order chi connectivity index (χ0) is 22.7. The molecule has 0 amide bonds. The first-order valence-corrected chi connectivity index (χ1v) is 10.1. The Morgan fingerprint density at radius 3 is 2.16 bits per heavy atom. The van der Waals surface area contributed by atoms with Crippen LogP contribution in [0.15, 0.2) is 24.3 Å². The molecule has 31 heavy (non-hydrogen) atoms. The maximum absolute atomic E-state index is 10.5. The van der Waals surface area contributed by atoms with E-state index in [2.05, 4.69) is 0 Å². The van der Waals surface area contributed by atoms with Crippen LogP contribution in [0, 0.1) is 0 Å². The van der Waals surface area contributed by atoms with E-state index in [4.69, 9.17) is 18.9 Å². The van der Waals surface area contributed by atoms with E-state index >= 15 is 0 Å². The number of aromatic hydroxyl groups is 1. The molecule has 0 bridgehead atoms. The first kappa shape index (κ1) is 24.3. The third kappa shape index (κ3) is 5.52. The summed E-state index contributed by atoms with van der Waals surface area (Å²) in [6, 6.07) is 6.49. The van der Waals surface area contributed by atoms with Gasteiger partial charge in [-0.2, -0.15) is 0 Å². The third-order valence-electron chi connectivity index (χ3n) is 5.53. The smallest absolute Gasteiger partial charge is 0.187 e. The second kappa shape index (κ2) is 10.5. The summed E-state index contributed by atoms with van der Waals surface area (Å²) < 4.78 is 22.3. The van der Waals surface area contributed by atoms with Crippen molar-refractivity contribution < 1.29 is 54.7 Å². The minimum Gasteiger partial charge on any atom is -0.508 e. The summed E-state index contributed by atoms with van der Waals surface area (Å²) in [5.41, 5.74) is 0.863. The largest absolute Gasteiger partial charge is 0.508 e. The molecule has 0 aromatic heterocycles. The van der Waals surface area contributed by atoms with E-state index in [1.807, 2.05) is 0 Å². The molecule has 1 aromatic carbocycles. The number of benzene rings is 1. The lowest BCUT2D eigenvalue weighted by Crippen LogP contribution is -2.64. The van der Waals surface area contributed by atoms with E-state index in [1.54, 1.807) is 12.1 Å². The van der Waals surface area contributed by atoms with Gasteiger partial charge in [-0.3, -0.25) is 0 Å². The molecule has 176 valence electrons. The van der Waals surface area contributed by atoms with Crippen LogP contribution >= 0.6 is 0 Å². The molecule has 2 aliphatic heterocycles. The molecular formula is C20H30O11. The molecule has 11 heteroatoms. The molecule has 1 aromatic rings. The van der Waals surface area contributed by atoms with Crippen molar-refractivity contribution in [1.29, 1.82) is 0 Å². The van der Waals surface area contributed by atoms with Crippen LogP contribution in [0.2, 0.25) is 0 Å². The molecule has 0 spiro atoms. The number of aliphatic hydroxyl groups is 6. The van der Waals surface area contributed by atoms with Crippen LogP contribution in [0.5, 0.6) is 5.75 Å². The molecule has 2 saturated heterocycles. The quantitative estimate of drug-likeness (QED) is 0.237. The van der Waals surface area contributed by atoms with Gasteiger partial charge in [-0.15, -0.1) is 0 Å². The van der Waals surface area contributed by atoms with Gasteiger partial charge in [-0.05, 0) is 31.0 Å². The first-order chi connectivity index (χ1) is 14.7. The van der Waals surface area contributed by atoms with E-state index in [0.29, 0.717) is 6.42 Å². The van der Waals surface area contributed by atoms with Gasteiger partial charge in [0, 0.05) is 0 Å². The molecule has 10 atom stereocenters. The summed E-state index contributed by atoms with van der Waals surface area (Å²) in [5.74, 6) is 0.129. The average molecular weight is 446 g/mol. The number of phenolic OH excluding ortho intramolecular Hbond substituents is 1. The summed E-state index contributed by atoms with van der Waals surface area (Å²) in [4.78, 5) is 0. The molecule has 0 radical (unpaired) electrons. The maximum atomic E-state index is 10.5. The van der Waals surface area contributed by atoms with Crippen molar-refractivity contribution in [3.05, 3.63) is 29.8 Å². The Balaban J connectivity index is 1.68. The van der Waals surface area contributed by atoms with Gasteiger partial charge in [-0.25, -0.2) is 0 Å². The lowest BCUT2D eigenvalue weighted by Gasteiger charge is -2.45. The van der Waals surface area contributed by atoms with Crippen LogP contribution in [0.25, 0.3) is 0 Å². The Morgan fingerprint density at radius 1 is 0.839 bits per heavy atom. The van der Waals surface area contributed by atoms with Crippen molar-refractivity contribution in [2.24, 2.45) is 0 Å². The summed E-state index contributed by atoms with van der Waals surface area (Å²) in [6.07, 6.45) is -13.1. The molecule has 7 N–H and O–H groups in total. The van der Waals surface area contributed by atoms with Gasteiger partial charge in [0.2, 0.25) is 0 Å². The minimum atomic E-state index is -1.62. The van der Waals surface area contributed by atoms with Crippen LogP contribution in [0.1, 0.15) is 12.5 Å². The Labute approximate surface area is 179 Å². The zero-order valence-electron chi connectivity index (χ0n) is 17.0. The van der Waals surface area contributed by atoms with Gasteiger partial charge < -0.3 is 54.7 Å². The third-order valence-corrected chi connectivity index (χ3v) is 5.53. The lowest BCUT2D eigenvalue weighted by molar-refractivity contribution is -0.364. The monoisotopic (exact) mass is 446 g/mol. The Kier molecular flexibility index (Phi) is 8.21. The first-order valence-electron chi connectivity index (χ1n) is 10.1. The zero-order valence-corrected chi connectivity index (χ0v) is 17.0. The molecular weight excluding hydrogens is 416 g/mol. The number of aliphatic hydroxyl groups excluding tert-OH is 6. The molecule has 2 fully saturated rings. The van der Waals surface area contributed by atoms with Crippen LogP contribution in [0.3, 0.4) is 0 Å². The highest BCUT2D eigenvalue weighted by Gasteiger charge is 2.50. The molecule has 11 nitrogen and oxygen atoms in total. The van der Waals surface area contributed by atoms with Gasteiger partial charge in [0.05, 0.1) is 19.3 Å². The summed E-state index contributed by atoms with van der Waals surface area (Å²) in [7, 11) is 0. The number of rotatable bonds is 7. The van der Waals surface area contributed by atoms with Gasteiger partial charge in [0.15, 0.2) is 12.6 Å². The number of hydrogen-bond donors (Lipinski definition) is 7. The maximum Gasteiger partial charge on any atom is 0.187 e. The predicted octanol–water partition coefficient (Wildman–Crippen LogP) is -2.40. The molecule has 0 aliphatic carbocycles. The Hall–Kier alpha value is -1.38. The van der Waals surface area contributed by atoms with Crippen molar-refractivity contribution in [3.63, 3.8) is 0 Å². The van der Waals surface area contributed by atoms with Crippen molar-refractivity contribution in [1.82, 2.24) is 0 Å².